The van der Waals surface area contributed by atoms with E-state index >= 15 is 0 Å². The second-order valence-corrected chi connectivity index (χ2v) is 11.2. The Labute approximate surface area is 178 Å². The highest BCUT2D eigenvalue weighted by molar-refractivity contribution is 7.90. The Morgan fingerprint density at radius 2 is 1.77 bits per heavy atom. The molecule has 4 aliphatic rings. The minimum Gasteiger partial charge on any atom is -0.338 e. The fourth-order valence-corrected chi connectivity index (χ4v) is 6.86. The lowest BCUT2D eigenvalue weighted by atomic mass is 9.82. The minimum atomic E-state index is -3.70. The molecule has 166 valence electrons. The van der Waals surface area contributed by atoms with Crippen molar-refractivity contribution in [2.24, 2.45) is 0 Å². The van der Waals surface area contributed by atoms with Crippen molar-refractivity contribution in [3.8, 4) is 0 Å². The molecule has 0 spiro atoms. The molecule has 0 bridgehead atoms. The van der Waals surface area contributed by atoms with Gasteiger partial charge in [-0.1, -0.05) is 25.0 Å². The number of β-lactam (4-membered cyclic amide) rings is 1. The van der Waals surface area contributed by atoms with Crippen LogP contribution in [0.4, 0.5) is 0 Å². The van der Waals surface area contributed by atoms with E-state index in [9.17, 15) is 22.8 Å². The van der Waals surface area contributed by atoms with Gasteiger partial charge in [0.2, 0.25) is 21.8 Å². The van der Waals surface area contributed by atoms with Gasteiger partial charge in [0, 0.05) is 13.0 Å². The van der Waals surface area contributed by atoms with Gasteiger partial charge in [0.25, 0.3) is 5.91 Å². The maximum absolute atomic E-state index is 13.1. The van der Waals surface area contributed by atoms with Crippen molar-refractivity contribution in [2.45, 2.75) is 94.0 Å². The van der Waals surface area contributed by atoms with E-state index in [1.165, 1.54) is 0 Å². The van der Waals surface area contributed by atoms with Crippen molar-refractivity contribution in [1.29, 1.82) is 0 Å². The number of carbonyl (C=O) groups excluding carboxylic acids is 3. The van der Waals surface area contributed by atoms with Gasteiger partial charge in [-0.3, -0.25) is 14.4 Å². The van der Waals surface area contributed by atoms with Crippen molar-refractivity contribution in [2.75, 3.05) is 6.54 Å². The van der Waals surface area contributed by atoms with Crippen molar-refractivity contribution in [1.82, 2.24) is 14.5 Å². The lowest BCUT2D eigenvalue weighted by Crippen LogP contribution is -2.80. The molecule has 3 heterocycles. The van der Waals surface area contributed by atoms with E-state index in [0.717, 1.165) is 42.8 Å². The summed E-state index contributed by atoms with van der Waals surface area (Å²) in [5, 5.41) is 2.33. The Kier molecular flexibility index (Phi) is 5.67. The SMILES string of the molecule is C[C@@]12NC(=O)[C@@H]3CCCN3C(=O)CCCCCC/C=C\[C@@H]1N(S(=O)(=O)C1CC1)C2=O. The molecule has 1 aliphatic carbocycles. The van der Waals surface area contributed by atoms with Crippen LogP contribution in [0.5, 0.6) is 0 Å². The number of allylic oxidation sites excluding steroid dienone is 1. The van der Waals surface area contributed by atoms with E-state index in [0.29, 0.717) is 32.2 Å². The largest absolute Gasteiger partial charge is 0.338 e. The zero-order valence-corrected chi connectivity index (χ0v) is 18.3. The second-order valence-electron chi connectivity index (χ2n) is 9.11. The van der Waals surface area contributed by atoms with Gasteiger partial charge in [-0.15, -0.1) is 0 Å². The van der Waals surface area contributed by atoms with E-state index in [1.54, 1.807) is 17.9 Å². The molecule has 30 heavy (non-hydrogen) atoms. The number of hydrogen-bond donors (Lipinski definition) is 1. The Balaban J connectivity index is 1.61. The summed E-state index contributed by atoms with van der Waals surface area (Å²) in [5.41, 5.74) is -1.31. The number of sulfonamides is 1. The van der Waals surface area contributed by atoms with Gasteiger partial charge in [-0.05, 0) is 51.9 Å². The molecule has 0 radical (unpaired) electrons. The molecule has 1 N–H and O–H groups in total. The fourth-order valence-electron chi connectivity index (χ4n) is 4.79. The van der Waals surface area contributed by atoms with Crippen molar-refractivity contribution in [3.05, 3.63) is 12.2 Å². The quantitative estimate of drug-likeness (QED) is 0.520. The van der Waals surface area contributed by atoms with Crippen molar-refractivity contribution >= 4 is 27.7 Å². The molecule has 3 fully saturated rings. The van der Waals surface area contributed by atoms with Gasteiger partial charge in [0.05, 0.1) is 11.3 Å². The van der Waals surface area contributed by atoms with E-state index in [1.807, 2.05) is 6.08 Å². The molecule has 3 amide bonds. The van der Waals surface area contributed by atoms with Crippen LogP contribution in [0, 0.1) is 0 Å². The van der Waals surface area contributed by atoms with Gasteiger partial charge < -0.3 is 10.2 Å². The maximum atomic E-state index is 13.1. The number of nitrogens with zero attached hydrogens (tertiary/aromatic N) is 2. The summed E-state index contributed by atoms with van der Waals surface area (Å²) in [4.78, 5) is 40.3. The van der Waals surface area contributed by atoms with E-state index in [-0.39, 0.29) is 11.8 Å². The van der Waals surface area contributed by atoms with Gasteiger partial charge in [-0.2, -0.15) is 0 Å². The molecule has 2 saturated heterocycles. The fraction of sp³-hybridized carbons (Fsp3) is 0.762. The number of rotatable bonds is 2. The third kappa shape index (κ3) is 3.65. The van der Waals surface area contributed by atoms with E-state index in [4.69, 9.17) is 0 Å². The Morgan fingerprint density at radius 1 is 1.03 bits per heavy atom. The molecule has 0 aromatic heterocycles. The highest BCUT2D eigenvalue weighted by Crippen LogP contribution is 2.41. The Morgan fingerprint density at radius 3 is 2.50 bits per heavy atom. The Bertz CT molecular complexity index is 866. The molecule has 0 aromatic rings. The van der Waals surface area contributed by atoms with Crippen molar-refractivity contribution < 1.29 is 22.8 Å². The molecule has 1 saturated carbocycles. The summed E-state index contributed by atoms with van der Waals surface area (Å²) in [6, 6.07) is -1.32. The molecule has 3 atom stereocenters. The zero-order valence-electron chi connectivity index (χ0n) is 17.5. The molecule has 3 aliphatic heterocycles. The summed E-state index contributed by atoms with van der Waals surface area (Å²) in [5.74, 6) is -0.966. The molecule has 9 heteroatoms. The van der Waals surface area contributed by atoms with Crippen LogP contribution in [0.1, 0.15) is 71.1 Å². The van der Waals surface area contributed by atoms with E-state index in [2.05, 4.69) is 5.32 Å². The van der Waals surface area contributed by atoms with Crippen LogP contribution in [-0.4, -0.2) is 64.8 Å². The first-order valence-electron chi connectivity index (χ1n) is 11.1. The van der Waals surface area contributed by atoms with Gasteiger partial charge >= 0.3 is 0 Å². The van der Waals surface area contributed by atoms with E-state index < -0.39 is 38.8 Å². The summed E-state index contributed by atoms with van der Waals surface area (Å²) in [6.45, 7) is 2.15. The summed E-state index contributed by atoms with van der Waals surface area (Å²) < 4.78 is 26.6. The predicted octanol–water partition coefficient (Wildman–Crippen LogP) is 1.47. The number of fused-ring (bicyclic) bond motifs is 2. The van der Waals surface area contributed by atoms with Gasteiger partial charge in [0.1, 0.15) is 11.6 Å². The van der Waals surface area contributed by atoms with Crippen LogP contribution >= 0.6 is 0 Å². The van der Waals surface area contributed by atoms with Crippen LogP contribution in [-0.2, 0) is 24.4 Å². The highest BCUT2D eigenvalue weighted by Gasteiger charge is 2.64. The third-order valence-electron chi connectivity index (χ3n) is 6.80. The standard InChI is InChI=1S/C21H31N3O5S/c1-21-17(24(20(21)27)30(28,29)15-12-13-15)10-6-4-2-3-5-7-11-18(25)23-14-8-9-16(23)19(26)22-21/h6,10,15-17H,2-5,7-9,11-14H2,1H3,(H,22,26)/b10-6-/t16-,17-,21+/m0/s1. The van der Waals surface area contributed by atoms with Crippen molar-refractivity contribution in [3.63, 3.8) is 0 Å². The molecular formula is C21H31N3O5S. The molecular weight excluding hydrogens is 406 g/mol. The van der Waals surface area contributed by atoms with Crippen LogP contribution in [0.25, 0.3) is 0 Å². The molecule has 0 aromatic carbocycles. The lowest BCUT2D eigenvalue weighted by Gasteiger charge is -2.52. The molecule has 0 unspecified atom stereocenters. The summed E-state index contributed by atoms with van der Waals surface area (Å²) in [7, 11) is -3.70. The summed E-state index contributed by atoms with van der Waals surface area (Å²) in [6.07, 6.45) is 11.0. The van der Waals surface area contributed by atoms with Gasteiger partial charge in [0.15, 0.2) is 0 Å². The predicted molar refractivity (Wildman–Crippen MR) is 111 cm³/mol. The number of hydrogen-bond acceptors (Lipinski definition) is 5. The van der Waals surface area contributed by atoms with Crippen LogP contribution in [0.2, 0.25) is 0 Å². The maximum Gasteiger partial charge on any atom is 0.264 e. The highest BCUT2D eigenvalue weighted by atomic mass is 32.2. The number of amides is 3. The normalized spacial score (nSPS) is 34.9. The molecule has 8 nitrogen and oxygen atoms in total. The topological polar surface area (TPSA) is 104 Å². The van der Waals surface area contributed by atoms with Gasteiger partial charge in [-0.25, -0.2) is 12.7 Å². The first kappa shape index (κ1) is 21.3. The number of nitrogens with one attached hydrogen (secondary N) is 1. The number of carbonyl (C=O) groups is 3. The second kappa shape index (κ2) is 7.98. The average molecular weight is 438 g/mol. The van der Waals surface area contributed by atoms with Crippen LogP contribution in [0.3, 0.4) is 0 Å². The first-order valence-corrected chi connectivity index (χ1v) is 12.6. The molecule has 4 rings (SSSR count). The lowest BCUT2D eigenvalue weighted by molar-refractivity contribution is -0.153. The smallest absolute Gasteiger partial charge is 0.264 e. The Hall–Kier alpha value is -1.90. The minimum absolute atomic E-state index is 0.0137. The average Bonchev–Trinajstić information content (AvgIpc) is 3.45. The zero-order chi connectivity index (χ0) is 21.5. The van der Waals surface area contributed by atoms with Crippen LogP contribution < -0.4 is 5.32 Å². The third-order valence-corrected chi connectivity index (χ3v) is 9.05. The summed E-state index contributed by atoms with van der Waals surface area (Å²) >= 11 is 0. The first-order chi connectivity index (χ1) is 14.3. The monoisotopic (exact) mass is 437 g/mol. The van der Waals surface area contributed by atoms with Crippen LogP contribution in [0.15, 0.2) is 12.2 Å².